The average molecular weight is 315 g/mol. The highest BCUT2D eigenvalue weighted by Gasteiger charge is 2.42. The predicted octanol–water partition coefficient (Wildman–Crippen LogP) is 2.56. The van der Waals surface area contributed by atoms with Gasteiger partial charge in [0.15, 0.2) is 12.4 Å². The van der Waals surface area contributed by atoms with Crippen LogP contribution in [0.4, 0.5) is 22.0 Å². The van der Waals surface area contributed by atoms with E-state index < -0.39 is 36.5 Å². The van der Waals surface area contributed by atoms with Gasteiger partial charge in [-0.1, -0.05) is 0 Å². The first-order valence-electron chi connectivity index (χ1n) is 5.54. The fourth-order valence-corrected chi connectivity index (χ4v) is 1.14. The monoisotopic (exact) mass is 315 g/mol. The standard InChI is InChI=1S/C11H10F5NO4/c1-2-19-9(18)10(12,13)6-20-8-7(4-3-5-17-8)21-11(14,15)16/h3-5H,2,6H2,1H3. The Morgan fingerprint density at radius 1 is 1.29 bits per heavy atom. The molecular weight excluding hydrogens is 305 g/mol. The molecule has 0 atom stereocenters. The molecule has 0 bridgehead atoms. The molecule has 1 rings (SSSR count). The van der Waals surface area contributed by atoms with Gasteiger partial charge in [-0.15, -0.1) is 13.2 Å². The Morgan fingerprint density at radius 2 is 1.95 bits per heavy atom. The predicted molar refractivity (Wildman–Crippen MR) is 58.0 cm³/mol. The van der Waals surface area contributed by atoms with E-state index in [1.807, 2.05) is 0 Å². The number of hydrogen-bond acceptors (Lipinski definition) is 5. The van der Waals surface area contributed by atoms with Crippen molar-refractivity contribution in [3.05, 3.63) is 18.3 Å². The second-order valence-corrected chi connectivity index (χ2v) is 3.57. The lowest BCUT2D eigenvalue weighted by Gasteiger charge is -2.16. The number of halogens is 5. The Balaban J connectivity index is 2.78. The van der Waals surface area contributed by atoms with E-state index in [1.54, 1.807) is 0 Å². The van der Waals surface area contributed by atoms with E-state index in [1.165, 1.54) is 6.92 Å². The van der Waals surface area contributed by atoms with Gasteiger partial charge in [-0.05, 0) is 19.1 Å². The number of hydrogen-bond donors (Lipinski definition) is 0. The van der Waals surface area contributed by atoms with Gasteiger partial charge in [0.2, 0.25) is 0 Å². The van der Waals surface area contributed by atoms with Crippen LogP contribution in [0.3, 0.4) is 0 Å². The first-order chi connectivity index (χ1) is 9.65. The normalized spacial score (nSPS) is 11.9. The smallest absolute Gasteiger partial charge is 0.468 e. The lowest BCUT2D eigenvalue weighted by Crippen LogP contribution is -2.37. The summed E-state index contributed by atoms with van der Waals surface area (Å²) in [5.74, 6) is -7.59. The summed E-state index contributed by atoms with van der Waals surface area (Å²) in [4.78, 5) is 14.3. The van der Waals surface area contributed by atoms with E-state index in [9.17, 15) is 26.7 Å². The number of alkyl halides is 5. The molecule has 0 saturated heterocycles. The summed E-state index contributed by atoms with van der Waals surface area (Å²) in [5.41, 5.74) is 0. The second-order valence-electron chi connectivity index (χ2n) is 3.57. The Kier molecular flexibility index (Phi) is 5.28. The number of aromatic nitrogens is 1. The third kappa shape index (κ3) is 5.40. The molecule has 0 unspecified atom stereocenters. The summed E-state index contributed by atoms with van der Waals surface area (Å²) < 4.78 is 74.9. The van der Waals surface area contributed by atoms with Crippen LogP contribution in [0, 0.1) is 0 Å². The molecular formula is C11H10F5NO4. The first kappa shape index (κ1) is 16.9. The molecule has 1 aromatic heterocycles. The van der Waals surface area contributed by atoms with Gasteiger partial charge >= 0.3 is 18.3 Å². The van der Waals surface area contributed by atoms with E-state index in [0.29, 0.717) is 0 Å². The maximum Gasteiger partial charge on any atom is 0.573 e. The lowest BCUT2D eigenvalue weighted by molar-refractivity contribution is -0.275. The van der Waals surface area contributed by atoms with Crippen molar-refractivity contribution in [1.82, 2.24) is 4.98 Å². The largest absolute Gasteiger partial charge is 0.573 e. The Hall–Kier alpha value is -2.13. The second kappa shape index (κ2) is 6.55. The van der Waals surface area contributed by atoms with Crippen LogP contribution < -0.4 is 9.47 Å². The summed E-state index contributed by atoms with van der Waals surface area (Å²) >= 11 is 0. The van der Waals surface area contributed by atoms with Crippen LogP contribution in [-0.4, -0.2) is 36.5 Å². The number of ether oxygens (including phenoxy) is 3. The van der Waals surface area contributed by atoms with Gasteiger partial charge in [0, 0.05) is 6.20 Å². The minimum absolute atomic E-state index is 0.277. The molecule has 0 N–H and O–H groups in total. The number of esters is 1. The molecule has 118 valence electrons. The highest BCUT2D eigenvalue weighted by Crippen LogP contribution is 2.30. The quantitative estimate of drug-likeness (QED) is 0.596. The van der Waals surface area contributed by atoms with Crippen molar-refractivity contribution >= 4 is 5.97 Å². The maximum absolute atomic E-state index is 13.3. The van der Waals surface area contributed by atoms with E-state index in [0.717, 1.165) is 18.3 Å². The zero-order chi connectivity index (χ0) is 16.1. The average Bonchev–Trinajstić information content (AvgIpc) is 2.36. The molecule has 0 radical (unpaired) electrons. The van der Waals surface area contributed by atoms with Crippen LogP contribution in [0.25, 0.3) is 0 Å². The summed E-state index contributed by atoms with van der Waals surface area (Å²) in [6.45, 7) is -0.486. The summed E-state index contributed by atoms with van der Waals surface area (Å²) in [5, 5.41) is 0. The van der Waals surface area contributed by atoms with Crippen LogP contribution in [0.2, 0.25) is 0 Å². The molecule has 0 amide bonds. The highest BCUT2D eigenvalue weighted by atomic mass is 19.4. The van der Waals surface area contributed by atoms with E-state index in [-0.39, 0.29) is 6.61 Å². The van der Waals surface area contributed by atoms with Crippen molar-refractivity contribution in [2.24, 2.45) is 0 Å². The summed E-state index contributed by atoms with van der Waals surface area (Å²) in [7, 11) is 0. The van der Waals surface area contributed by atoms with Gasteiger partial charge in [0.05, 0.1) is 6.61 Å². The number of rotatable bonds is 6. The Morgan fingerprint density at radius 3 is 2.52 bits per heavy atom. The number of carbonyl (C=O) groups excluding carboxylic acids is 1. The molecule has 0 spiro atoms. The van der Waals surface area contributed by atoms with Crippen molar-refractivity contribution in [2.45, 2.75) is 19.2 Å². The van der Waals surface area contributed by atoms with E-state index in [4.69, 9.17) is 0 Å². The number of nitrogens with zero attached hydrogens (tertiary/aromatic N) is 1. The van der Waals surface area contributed by atoms with Gasteiger partial charge in [-0.2, -0.15) is 8.78 Å². The summed E-state index contributed by atoms with van der Waals surface area (Å²) in [6.07, 6.45) is -4.02. The van der Waals surface area contributed by atoms with Gasteiger partial charge < -0.3 is 14.2 Å². The van der Waals surface area contributed by atoms with Gasteiger partial charge in [-0.25, -0.2) is 9.78 Å². The molecule has 0 aliphatic rings. The number of carbonyl (C=O) groups is 1. The Labute approximate surface area is 115 Å². The molecule has 0 aliphatic heterocycles. The van der Waals surface area contributed by atoms with Gasteiger partial charge in [0.1, 0.15) is 0 Å². The van der Waals surface area contributed by atoms with Crippen molar-refractivity contribution in [2.75, 3.05) is 13.2 Å². The zero-order valence-corrected chi connectivity index (χ0v) is 10.6. The first-order valence-corrected chi connectivity index (χ1v) is 5.54. The van der Waals surface area contributed by atoms with Crippen LogP contribution in [-0.2, 0) is 9.53 Å². The zero-order valence-electron chi connectivity index (χ0n) is 10.6. The van der Waals surface area contributed by atoms with Crippen molar-refractivity contribution < 1.29 is 41.0 Å². The van der Waals surface area contributed by atoms with Crippen molar-refractivity contribution in [3.63, 3.8) is 0 Å². The number of pyridine rings is 1. The molecule has 0 saturated carbocycles. The fraction of sp³-hybridized carbons (Fsp3) is 0.455. The van der Waals surface area contributed by atoms with Crippen LogP contribution in [0.15, 0.2) is 18.3 Å². The lowest BCUT2D eigenvalue weighted by atomic mass is 10.3. The van der Waals surface area contributed by atoms with Crippen molar-refractivity contribution in [3.8, 4) is 11.6 Å². The third-order valence-electron chi connectivity index (χ3n) is 1.93. The summed E-state index contributed by atoms with van der Waals surface area (Å²) in [6, 6.07) is 1.93. The fourth-order valence-electron chi connectivity index (χ4n) is 1.14. The molecule has 1 heterocycles. The SMILES string of the molecule is CCOC(=O)C(F)(F)COc1ncccc1OC(F)(F)F. The van der Waals surface area contributed by atoms with Crippen molar-refractivity contribution in [1.29, 1.82) is 0 Å². The molecule has 21 heavy (non-hydrogen) atoms. The van der Waals surface area contributed by atoms with Crippen LogP contribution in [0.5, 0.6) is 11.6 Å². The molecule has 0 aliphatic carbocycles. The van der Waals surface area contributed by atoms with Crippen LogP contribution in [0.1, 0.15) is 6.92 Å². The topological polar surface area (TPSA) is 57.7 Å². The van der Waals surface area contributed by atoms with E-state index in [2.05, 4.69) is 19.2 Å². The Bertz CT molecular complexity index is 492. The maximum atomic E-state index is 13.3. The highest BCUT2D eigenvalue weighted by molar-refractivity contribution is 5.77. The molecule has 10 heteroatoms. The van der Waals surface area contributed by atoms with Gasteiger partial charge in [-0.3, -0.25) is 0 Å². The third-order valence-corrected chi connectivity index (χ3v) is 1.93. The molecule has 5 nitrogen and oxygen atoms in total. The minimum atomic E-state index is -5.04. The molecule has 0 aromatic carbocycles. The van der Waals surface area contributed by atoms with Crippen LogP contribution >= 0.6 is 0 Å². The van der Waals surface area contributed by atoms with E-state index >= 15 is 0 Å². The van der Waals surface area contributed by atoms with Gasteiger partial charge in [0.25, 0.3) is 5.88 Å². The molecule has 0 fully saturated rings. The molecule has 1 aromatic rings. The minimum Gasteiger partial charge on any atom is -0.468 e.